The van der Waals surface area contributed by atoms with Crippen LogP contribution in [-0.4, -0.2) is 23.5 Å². The van der Waals surface area contributed by atoms with E-state index in [-0.39, 0.29) is 6.03 Å². The molecule has 7 nitrogen and oxygen atoms in total. The van der Waals surface area contributed by atoms with E-state index < -0.39 is 5.91 Å². The van der Waals surface area contributed by atoms with E-state index in [0.717, 1.165) is 12.0 Å². The number of hydrogen-bond acceptors (Lipinski definition) is 5. The van der Waals surface area contributed by atoms with Crippen LogP contribution in [0.3, 0.4) is 0 Å². The third-order valence-electron chi connectivity index (χ3n) is 2.80. The molecular formula is C15H18N4O3S. The Kier molecular flexibility index (Phi) is 5.93. The Hall–Kier alpha value is -2.61. The third-order valence-corrected chi connectivity index (χ3v) is 3.75. The average Bonchev–Trinajstić information content (AvgIpc) is 3.00. The summed E-state index contributed by atoms with van der Waals surface area (Å²) >= 11 is 1.18. The molecule has 0 aliphatic rings. The Bertz CT molecular complexity index is 670. The van der Waals surface area contributed by atoms with Gasteiger partial charge in [0.25, 0.3) is 5.91 Å². The number of hydrogen-bond donors (Lipinski definition) is 3. The molecule has 0 bridgehead atoms. The Balaban J connectivity index is 1.80. The molecule has 0 atom stereocenters. The summed E-state index contributed by atoms with van der Waals surface area (Å²) in [6.07, 6.45) is 2.58. The zero-order valence-corrected chi connectivity index (χ0v) is 13.5. The molecule has 2 aromatic heterocycles. The molecule has 0 aromatic carbocycles. The van der Waals surface area contributed by atoms with E-state index in [9.17, 15) is 9.59 Å². The first-order valence-corrected chi connectivity index (χ1v) is 7.97. The molecule has 0 fully saturated rings. The number of urea groups is 1. The van der Waals surface area contributed by atoms with Gasteiger partial charge in [-0.15, -0.1) is 11.3 Å². The lowest BCUT2D eigenvalue weighted by Gasteiger charge is -2.07. The van der Waals surface area contributed by atoms with Crippen molar-refractivity contribution in [3.63, 3.8) is 0 Å². The average molecular weight is 334 g/mol. The van der Waals surface area contributed by atoms with Crippen LogP contribution in [0.15, 0.2) is 29.8 Å². The summed E-state index contributed by atoms with van der Waals surface area (Å²) in [7, 11) is 0. The first-order chi connectivity index (χ1) is 11.1. The number of rotatable bonds is 7. The standard InChI is InChI=1S/C15H18N4O3S/c1-2-5-22-13-4-3-10(7-17-13)8-18-15(21)19-11-6-12(14(16)20)23-9-11/h3-4,6-7,9H,2,5,8H2,1H3,(H2,16,20)(H2,18,19,21). The minimum absolute atomic E-state index is 0.333. The summed E-state index contributed by atoms with van der Waals surface area (Å²) in [4.78, 5) is 27.3. The summed E-state index contributed by atoms with van der Waals surface area (Å²) in [5.41, 5.74) is 6.55. The number of primary amides is 1. The van der Waals surface area contributed by atoms with E-state index in [2.05, 4.69) is 15.6 Å². The Morgan fingerprint density at radius 3 is 2.83 bits per heavy atom. The van der Waals surface area contributed by atoms with Crippen molar-refractivity contribution >= 4 is 29.0 Å². The zero-order chi connectivity index (χ0) is 16.7. The lowest BCUT2D eigenvalue weighted by molar-refractivity contribution is 0.100. The van der Waals surface area contributed by atoms with Crippen molar-refractivity contribution in [1.82, 2.24) is 10.3 Å². The monoisotopic (exact) mass is 334 g/mol. The first-order valence-electron chi connectivity index (χ1n) is 7.09. The molecule has 0 unspecified atom stereocenters. The molecule has 4 N–H and O–H groups in total. The first kappa shape index (κ1) is 16.8. The maximum atomic E-state index is 11.8. The molecule has 0 radical (unpaired) electrons. The van der Waals surface area contributed by atoms with Gasteiger partial charge >= 0.3 is 6.03 Å². The number of nitrogens with zero attached hydrogens (tertiary/aromatic N) is 1. The van der Waals surface area contributed by atoms with Crippen LogP contribution in [-0.2, 0) is 6.54 Å². The van der Waals surface area contributed by atoms with Gasteiger partial charge < -0.3 is 21.1 Å². The van der Waals surface area contributed by atoms with E-state index in [1.54, 1.807) is 17.6 Å². The maximum absolute atomic E-state index is 11.8. The highest BCUT2D eigenvalue weighted by molar-refractivity contribution is 7.12. The lowest BCUT2D eigenvalue weighted by atomic mass is 10.3. The van der Waals surface area contributed by atoms with E-state index in [1.165, 1.54) is 17.4 Å². The Morgan fingerprint density at radius 2 is 2.22 bits per heavy atom. The van der Waals surface area contributed by atoms with E-state index in [0.29, 0.717) is 29.6 Å². The van der Waals surface area contributed by atoms with Gasteiger partial charge in [0, 0.05) is 24.2 Å². The fourth-order valence-corrected chi connectivity index (χ4v) is 2.39. The van der Waals surface area contributed by atoms with Gasteiger partial charge in [-0.05, 0) is 18.1 Å². The Labute approximate surface area is 137 Å². The number of nitrogens with one attached hydrogen (secondary N) is 2. The normalized spacial score (nSPS) is 10.1. The van der Waals surface area contributed by atoms with Crippen LogP contribution in [0.2, 0.25) is 0 Å². The van der Waals surface area contributed by atoms with E-state index in [1.807, 2.05) is 13.0 Å². The number of nitrogens with two attached hydrogens (primary N) is 1. The summed E-state index contributed by atoms with van der Waals surface area (Å²) in [6.45, 7) is 2.98. The van der Waals surface area contributed by atoms with E-state index >= 15 is 0 Å². The van der Waals surface area contributed by atoms with Crippen LogP contribution in [0.4, 0.5) is 10.5 Å². The van der Waals surface area contributed by atoms with Gasteiger partial charge in [0.2, 0.25) is 5.88 Å². The van der Waals surface area contributed by atoms with Gasteiger partial charge in [-0.3, -0.25) is 4.79 Å². The fourth-order valence-electron chi connectivity index (χ4n) is 1.70. The van der Waals surface area contributed by atoms with Crippen molar-refractivity contribution in [3.8, 4) is 5.88 Å². The van der Waals surface area contributed by atoms with Gasteiger partial charge in [0.15, 0.2) is 0 Å². The quantitative estimate of drug-likeness (QED) is 0.722. The number of carbonyl (C=O) groups is 2. The highest BCUT2D eigenvalue weighted by Gasteiger charge is 2.07. The molecule has 2 rings (SSSR count). The van der Waals surface area contributed by atoms with Gasteiger partial charge in [0.1, 0.15) is 0 Å². The second-order valence-electron chi connectivity index (χ2n) is 4.72. The molecule has 2 heterocycles. The number of carbonyl (C=O) groups excluding carboxylic acids is 2. The molecule has 0 saturated carbocycles. The number of aromatic nitrogens is 1. The molecule has 8 heteroatoms. The van der Waals surface area contributed by atoms with Crippen molar-refractivity contribution in [2.75, 3.05) is 11.9 Å². The second-order valence-corrected chi connectivity index (χ2v) is 5.64. The molecule has 0 aliphatic carbocycles. The smallest absolute Gasteiger partial charge is 0.319 e. The third kappa shape index (κ3) is 5.26. The molecule has 0 spiro atoms. The highest BCUT2D eigenvalue weighted by atomic mass is 32.1. The summed E-state index contributed by atoms with van der Waals surface area (Å²) < 4.78 is 5.39. The molecule has 0 aliphatic heterocycles. The van der Waals surface area contributed by atoms with Crippen molar-refractivity contribution in [1.29, 1.82) is 0 Å². The van der Waals surface area contributed by atoms with Crippen LogP contribution >= 0.6 is 11.3 Å². The van der Waals surface area contributed by atoms with Crippen molar-refractivity contribution in [3.05, 3.63) is 40.2 Å². The number of pyridine rings is 1. The largest absolute Gasteiger partial charge is 0.478 e. The number of amides is 3. The van der Waals surface area contributed by atoms with Crippen LogP contribution in [0, 0.1) is 0 Å². The molecule has 2 aromatic rings. The fraction of sp³-hybridized carbons (Fsp3) is 0.267. The molecular weight excluding hydrogens is 316 g/mol. The Morgan fingerprint density at radius 1 is 1.39 bits per heavy atom. The topological polar surface area (TPSA) is 106 Å². The molecule has 122 valence electrons. The van der Waals surface area contributed by atoms with Crippen LogP contribution in [0.1, 0.15) is 28.6 Å². The number of thiophene rings is 1. The number of ether oxygens (including phenoxy) is 1. The van der Waals surface area contributed by atoms with Gasteiger partial charge in [0.05, 0.1) is 17.2 Å². The van der Waals surface area contributed by atoms with E-state index in [4.69, 9.17) is 10.5 Å². The summed E-state index contributed by atoms with van der Waals surface area (Å²) in [6, 6.07) is 4.77. The predicted octanol–water partition coefficient (Wildman–Crippen LogP) is 2.35. The lowest BCUT2D eigenvalue weighted by Crippen LogP contribution is -2.28. The molecule has 0 saturated heterocycles. The van der Waals surface area contributed by atoms with Crippen molar-refractivity contribution < 1.29 is 14.3 Å². The molecule has 3 amide bonds. The SMILES string of the molecule is CCCOc1ccc(CNC(=O)Nc2csc(C(N)=O)c2)cn1. The zero-order valence-electron chi connectivity index (χ0n) is 12.7. The van der Waals surface area contributed by atoms with Crippen LogP contribution in [0.25, 0.3) is 0 Å². The van der Waals surface area contributed by atoms with Gasteiger partial charge in [-0.25, -0.2) is 9.78 Å². The molecule has 23 heavy (non-hydrogen) atoms. The van der Waals surface area contributed by atoms with Crippen LogP contribution in [0.5, 0.6) is 5.88 Å². The number of anilines is 1. The predicted molar refractivity (Wildman–Crippen MR) is 88.7 cm³/mol. The van der Waals surface area contributed by atoms with Gasteiger partial charge in [-0.1, -0.05) is 13.0 Å². The minimum atomic E-state index is -0.514. The highest BCUT2D eigenvalue weighted by Crippen LogP contribution is 2.18. The van der Waals surface area contributed by atoms with Crippen molar-refractivity contribution in [2.24, 2.45) is 5.73 Å². The summed E-state index contributed by atoms with van der Waals surface area (Å²) in [5.74, 6) is 0.0530. The minimum Gasteiger partial charge on any atom is -0.478 e. The maximum Gasteiger partial charge on any atom is 0.319 e. The van der Waals surface area contributed by atoms with Crippen LogP contribution < -0.4 is 21.1 Å². The van der Waals surface area contributed by atoms with Crippen molar-refractivity contribution in [2.45, 2.75) is 19.9 Å². The van der Waals surface area contributed by atoms with Gasteiger partial charge in [-0.2, -0.15) is 0 Å². The second kappa shape index (κ2) is 8.14. The summed E-state index contributed by atoms with van der Waals surface area (Å²) in [5, 5.41) is 6.99.